The van der Waals surface area contributed by atoms with E-state index in [0.29, 0.717) is 37.8 Å². The Kier molecular flexibility index (Phi) is 4.20. The van der Waals surface area contributed by atoms with Crippen LogP contribution in [0.15, 0.2) is 6.20 Å². The maximum Gasteiger partial charge on any atom is 0.410 e. The summed E-state index contributed by atoms with van der Waals surface area (Å²) >= 11 is 0. The minimum absolute atomic E-state index is 0.323. The molecule has 21 heavy (non-hydrogen) atoms. The second-order valence-electron chi connectivity index (χ2n) is 5.83. The largest absolute Gasteiger partial charge is 0.461 e. The summed E-state index contributed by atoms with van der Waals surface area (Å²) in [6.07, 6.45) is 1.13. The highest BCUT2D eigenvalue weighted by molar-refractivity contribution is 5.87. The number of ether oxygens (including phenoxy) is 2. The summed E-state index contributed by atoms with van der Waals surface area (Å²) in [5.41, 5.74) is -0.101. The Morgan fingerprint density at radius 2 is 2.05 bits per heavy atom. The van der Waals surface area contributed by atoms with E-state index in [0.717, 1.165) is 0 Å². The van der Waals surface area contributed by atoms with Crippen LogP contribution in [-0.4, -0.2) is 45.3 Å². The van der Waals surface area contributed by atoms with Gasteiger partial charge in [-0.3, -0.25) is 4.90 Å². The molecule has 0 unspecified atom stereocenters. The average molecular weight is 295 g/mol. The molecule has 0 aliphatic carbocycles. The Hall–Kier alpha value is -2.05. The summed E-state index contributed by atoms with van der Waals surface area (Å²) < 4.78 is 12.1. The zero-order chi connectivity index (χ0) is 15.6. The molecule has 0 fully saturated rings. The first-order valence-corrected chi connectivity index (χ1v) is 7.01. The van der Waals surface area contributed by atoms with Gasteiger partial charge in [0.15, 0.2) is 0 Å². The molecular weight excluding hydrogens is 274 g/mol. The Balaban J connectivity index is 2.09. The first kappa shape index (κ1) is 15.3. The third-order valence-corrected chi connectivity index (χ3v) is 3.00. The van der Waals surface area contributed by atoms with Gasteiger partial charge >= 0.3 is 12.1 Å². The van der Waals surface area contributed by atoms with Gasteiger partial charge in [0, 0.05) is 13.1 Å². The minimum atomic E-state index is -0.528. The quantitative estimate of drug-likeness (QED) is 0.778. The van der Waals surface area contributed by atoms with Gasteiger partial charge in [-0.2, -0.15) is 0 Å². The van der Waals surface area contributed by atoms with Crippen molar-refractivity contribution in [3.63, 3.8) is 0 Å². The number of amides is 1. The molecule has 1 amide bonds. The number of nitrogens with zero attached hydrogens (tertiary/aromatic N) is 3. The van der Waals surface area contributed by atoms with Crippen molar-refractivity contribution in [2.45, 2.75) is 46.4 Å². The maximum atomic E-state index is 12.0. The van der Waals surface area contributed by atoms with Gasteiger partial charge in [-0.1, -0.05) is 0 Å². The lowest BCUT2D eigenvalue weighted by atomic mass is 10.2. The molecule has 0 saturated heterocycles. The van der Waals surface area contributed by atoms with Crippen LogP contribution >= 0.6 is 0 Å². The first-order chi connectivity index (χ1) is 9.81. The van der Waals surface area contributed by atoms with Crippen molar-refractivity contribution in [3.05, 3.63) is 17.7 Å². The van der Waals surface area contributed by atoms with Crippen LogP contribution in [0.4, 0.5) is 4.79 Å². The summed E-state index contributed by atoms with van der Waals surface area (Å²) in [6, 6.07) is 0. The van der Waals surface area contributed by atoms with Crippen LogP contribution in [-0.2, 0) is 22.6 Å². The Morgan fingerprint density at radius 3 is 2.67 bits per heavy atom. The molecule has 0 N–H and O–H groups in total. The van der Waals surface area contributed by atoms with Crippen LogP contribution in [0.25, 0.3) is 0 Å². The fraction of sp³-hybridized carbons (Fsp3) is 0.643. The van der Waals surface area contributed by atoms with Crippen molar-refractivity contribution in [2.75, 3.05) is 13.2 Å². The lowest BCUT2D eigenvalue weighted by Gasteiger charge is -2.30. The molecule has 2 heterocycles. The van der Waals surface area contributed by atoms with Crippen molar-refractivity contribution in [2.24, 2.45) is 0 Å². The number of imidazole rings is 1. The smallest absolute Gasteiger partial charge is 0.410 e. The van der Waals surface area contributed by atoms with Gasteiger partial charge < -0.3 is 14.0 Å². The number of fused-ring (bicyclic) bond motifs is 1. The molecule has 0 spiro atoms. The van der Waals surface area contributed by atoms with Gasteiger partial charge in [0.25, 0.3) is 0 Å². The molecule has 1 aliphatic heterocycles. The Morgan fingerprint density at radius 1 is 1.33 bits per heavy atom. The van der Waals surface area contributed by atoms with E-state index in [4.69, 9.17) is 9.47 Å². The number of rotatable bonds is 2. The lowest BCUT2D eigenvalue weighted by molar-refractivity contribution is 0.0193. The molecule has 7 heteroatoms. The van der Waals surface area contributed by atoms with Crippen molar-refractivity contribution < 1.29 is 19.1 Å². The van der Waals surface area contributed by atoms with Crippen molar-refractivity contribution in [1.29, 1.82) is 0 Å². The second kappa shape index (κ2) is 5.75. The summed E-state index contributed by atoms with van der Waals surface area (Å²) in [4.78, 5) is 29.6. The van der Waals surface area contributed by atoms with Crippen molar-refractivity contribution in [1.82, 2.24) is 14.5 Å². The average Bonchev–Trinajstić information content (AvgIpc) is 2.79. The maximum absolute atomic E-state index is 12.0. The van der Waals surface area contributed by atoms with E-state index < -0.39 is 5.60 Å². The molecule has 0 bridgehead atoms. The van der Waals surface area contributed by atoms with Crippen molar-refractivity contribution >= 4 is 12.1 Å². The summed E-state index contributed by atoms with van der Waals surface area (Å²) in [5.74, 6) is 0.275. The van der Waals surface area contributed by atoms with Crippen LogP contribution in [0.1, 0.15) is 44.0 Å². The Bertz CT molecular complexity index is 545. The highest BCUT2D eigenvalue weighted by Crippen LogP contribution is 2.18. The summed E-state index contributed by atoms with van der Waals surface area (Å²) in [6.45, 7) is 8.87. The molecule has 2 rings (SSSR count). The van der Waals surface area contributed by atoms with Gasteiger partial charge in [-0.25, -0.2) is 14.6 Å². The zero-order valence-corrected chi connectivity index (χ0v) is 12.9. The third-order valence-electron chi connectivity index (χ3n) is 3.00. The molecular formula is C14H21N3O4. The fourth-order valence-corrected chi connectivity index (χ4v) is 2.11. The molecule has 0 radical (unpaired) electrons. The number of aromatic nitrogens is 2. The lowest BCUT2D eigenvalue weighted by Crippen LogP contribution is -2.42. The van der Waals surface area contributed by atoms with E-state index in [2.05, 4.69) is 4.98 Å². The molecule has 0 aromatic carbocycles. The second-order valence-corrected chi connectivity index (χ2v) is 5.83. The molecule has 1 aliphatic rings. The van der Waals surface area contributed by atoms with E-state index >= 15 is 0 Å². The fourth-order valence-electron chi connectivity index (χ4n) is 2.11. The van der Waals surface area contributed by atoms with Crippen LogP contribution in [0.5, 0.6) is 0 Å². The topological polar surface area (TPSA) is 73.7 Å². The minimum Gasteiger partial charge on any atom is -0.461 e. The summed E-state index contributed by atoms with van der Waals surface area (Å²) in [7, 11) is 0. The van der Waals surface area contributed by atoms with Crippen molar-refractivity contribution in [3.8, 4) is 0 Å². The predicted octanol–water partition coefficient (Wildman–Crippen LogP) is 1.81. The number of carbonyl (C=O) groups is 2. The van der Waals surface area contributed by atoms with Crippen LogP contribution < -0.4 is 0 Å². The predicted molar refractivity (Wildman–Crippen MR) is 74.8 cm³/mol. The van der Waals surface area contributed by atoms with Gasteiger partial charge in [0.2, 0.25) is 0 Å². The zero-order valence-electron chi connectivity index (χ0n) is 12.9. The van der Waals surface area contributed by atoms with Gasteiger partial charge in [-0.15, -0.1) is 0 Å². The van der Waals surface area contributed by atoms with E-state index in [-0.39, 0.29) is 12.1 Å². The highest BCUT2D eigenvalue weighted by Gasteiger charge is 2.28. The first-order valence-electron chi connectivity index (χ1n) is 7.01. The molecule has 116 valence electrons. The molecule has 1 aromatic heterocycles. The molecule has 0 saturated carbocycles. The van der Waals surface area contributed by atoms with Crippen LogP contribution in [0, 0.1) is 0 Å². The van der Waals surface area contributed by atoms with Gasteiger partial charge in [0.1, 0.15) is 17.1 Å². The SMILES string of the molecule is CCOC(=O)c1cnc2n1CCN(C(=O)OC(C)(C)C)C2. The number of carbonyl (C=O) groups excluding carboxylic acids is 2. The monoisotopic (exact) mass is 295 g/mol. The summed E-state index contributed by atoms with van der Waals surface area (Å²) in [5, 5.41) is 0. The molecule has 0 atom stereocenters. The number of hydrogen-bond acceptors (Lipinski definition) is 5. The van der Waals surface area contributed by atoms with E-state index in [1.807, 2.05) is 20.8 Å². The van der Waals surface area contributed by atoms with E-state index in [1.54, 1.807) is 16.4 Å². The third kappa shape index (κ3) is 3.53. The van der Waals surface area contributed by atoms with Gasteiger partial charge in [0.05, 0.1) is 19.3 Å². The standard InChI is InChI=1S/C14H21N3O4/c1-5-20-12(18)10-8-15-11-9-16(6-7-17(10)11)13(19)21-14(2,3)4/h8H,5-7,9H2,1-4H3. The molecule has 7 nitrogen and oxygen atoms in total. The van der Waals surface area contributed by atoms with Gasteiger partial charge in [-0.05, 0) is 27.7 Å². The van der Waals surface area contributed by atoms with Crippen LogP contribution in [0.3, 0.4) is 0 Å². The molecule has 1 aromatic rings. The number of hydrogen-bond donors (Lipinski definition) is 0. The van der Waals surface area contributed by atoms with E-state index in [9.17, 15) is 9.59 Å². The number of esters is 1. The van der Waals surface area contributed by atoms with E-state index in [1.165, 1.54) is 6.20 Å². The normalized spacial score (nSPS) is 14.6. The van der Waals surface area contributed by atoms with Crippen LogP contribution in [0.2, 0.25) is 0 Å². The Labute approximate surface area is 123 Å². The highest BCUT2D eigenvalue weighted by atomic mass is 16.6.